The van der Waals surface area contributed by atoms with Gasteiger partial charge < -0.3 is 9.94 Å². The molecule has 4 unspecified atom stereocenters. The molecule has 0 heterocycles. The molecule has 2 rings (SSSR count). The molecule has 0 saturated heterocycles. The van der Waals surface area contributed by atoms with Crippen LogP contribution in [0.5, 0.6) is 0 Å². The van der Waals surface area contributed by atoms with E-state index in [1.54, 1.807) is 0 Å². The fourth-order valence-electron chi connectivity index (χ4n) is 2.60. The molecule has 0 spiro atoms. The highest BCUT2D eigenvalue weighted by atomic mass is 16.7. The molecular formula is C8H11NO4. The van der Waals surface area contributed by atoms with E-state index in [0.29, 0.717) is 0 Å². The molecule has 72 valence electrons. The SMILES string of the molecule is NOC(=O)C1CCC2C(C(=O)O)C12. The van der Waals surface area contributed by atoms with Gasteiger partial charge in [0.15, 0.2) is 0 Å². The predicted molar refractivity (Wildman–Crippen MR) is 41.1 cm³/mol. The average Bonchev–Trinajstić information content (AvgIpc) is 2.68. The van der Waals surface area contributed by atoms with Crippen molar-refractivity contribution in [3.8, 4) is 0 Å². The third kappa shape index (κ3) is 1.11. The second-order valence-corrected chi connectivity index (χ2v) is 3.73. The van der Waals surface area contributed by atoms with Crippen LogP contribution in [-0.4, -0.2) is 17.0 Å². The smallest absolute Gasteiger partial charge is 0.327 e. The highest BCUT2D eigenvalue weighted by molar-refractivity contribution is 5.80. The van der Waals surface area contributed by atoms with Crippen molar-refractivity contribution in [2.24, 2.45) is 29.6 Å². The van der Waals surface area contributed by atoms with Crippen molar-refractivity contribution < 1.29 is 19.5 Å². The van der Waals surface area contributed by atoms with Crippen molar-refractivity contribution >= 4 is 11.9 Å². The topological polar surface area (TPSA) is 89.6 Å². The van der Waals surface area contributed by atoms with Crippen LogP contribution in [0.25, 0.3) is 0 Å². The van der Waals surface area contributed by atoms with Crippen LogP contribution < -0.4 is 5.90 Å². The first kappa shape index (κ1) is 8.50. The van der Waals surface area contributed by atoms with Gasteiger partial charge in [-0.15, -0.1) is 0 Å². The Morgan fingerprint density at radius 3 is 2.54 bits per heavy atom. The molecule has 5 nitrogen and oxygen atoms in total. The first-order valence-electron chi connectivity index (χ1n) is 4.30. The molecule has 0 aliphatic heterocycles. The molecule has 2 saturated carbocycles. The fourth-order valence-corrected chi connectivity index (χ4v) is 2.60. The largest absolute Gasteiger partial charge is 0.481 e. The quantitative estimate of drug-likeness (QED) is 0.579. The maximum Gasteiger partial charge on any atom is 0.327 e. The maximum absolute atomic E-state index is 11.1. The van der Waals surface area contributed by atoms with Crippen LogP contribution in [0.1, 0.15) is 12.8 Å². The Labute approximate surface area is 74.8 Å². The molecule has 13 heavy (non-hydrogen) atoms. The van der Waals surface area contributed by atoms with Crippen molar-refractivity contribution in [1.82, 2.24) is 0 Å². The van der Waals surface area contributed by atoms with Crippen LogP contribution in [0.15, 0.2) is 0 Å². The van der Waals surface area contributed by atoms with Crippen LogP contribution in [-0.2, 0) is 14.4 Å². The van der Waals surface area contributed by atoms with E-state index in [-0.39, 0.29) is 23.7 Å². The maximum atomic E-state index is 11.1. The molecule has 0 aromatic carbocycles. The van der Waals surface area contributed by atoms with Gasteiger partial charge in [-0.05, 0) is 24.7 Å². The van der Waals surface area contributed by atoms with E-state index in [1.165, 1.54) is 0 Å². The van der Waals surface area contributed by atoms with E-state index in [9.17, 15) is 9.59 Å². The summed E-state index contributed by atoms with van der Waals surface area (Å²) in [4.78, 5) is 25.9. The first-order chi connectivity index (χ1) is 6.16. The number of aliphatic carboxylic acids is 1. The highest BCUT2D eigenvalue weighted by Crippen LogP contribution is 2.60. The van der Waals surface area contributed by atoms with Gasteiger partial charge in [0.25, 0.3) is 0 Å². The van der Waals surface area contributed by atoms with Crippen LogP contribution in [0.4, 0.5) is 0 Å². The van der Waals surface area contributed by atoms with Gasteiger partial charge >= 0.3 is 11.9 Å². The van der Waals surface area contributed by atoms with Crippen molar-refractivity contribution in [3.05, 3.63) is 0 Å². The lowest BCUT2D eigenvalue weighted by Gasteiger charge is -2.08. The number of hydrogen-bond acceptors (Lipinski definition) is 4. The lowest BCUT2D eigenvalue weighted by atomic mass is 10.0. The van der Waals surface area contributed by atoms with E-state index in [4.69, 9.17) is 11.0 Å². The van der Waals surface area contributed by atoms with E-state index in [0.717, 1.165) is 12.8 Å². The third-order valence-corrected chi connectivity index (χ3v) is 3.21. The first-order valence-corrected chi connectivity index (χ1v) is 4.30. The molecule has 0 bridgehead atoms. The zero-order chi connectivity index (χ0) is 9.59. The van der Waals surface area contributed by atoms with Crippen molar-refractivity contribution in [3.63, 3.8) is 0 Å². The molecule has 2 aliphatic carbocycles. The number of carbonyl (C=O) groups is 2. The Bertz CT molecular complexity index is 265. The summed E-state index contributed by atoms with van der Waals surface area (Å²) in [6, 6.07) is 0. The third-order valence-electron chi connectivity index (χ3n) is 3.21. The summed E-state index contributed by atoms with van der Waals surface area (Å²) in [5.41, 5.74) is 0. The summed E-state index contributed by atoms with van der Waals surface area (Å²) in [6.07, 6.45) is 1.52. The second kappa shape index (κ2) is 2.70. The Balaban J connectivity index is 2.03. The van der Waals surface area contributed by atoms with Crippen LogP contribution in [0, 0.1) is 23.7 Å². The van der Waals surface area contributed by atoms with Crippen LogP contribution >= 0.6 is 0 Å². The summed E-state index contributed by atoms with van der Waals surface area (Å²) in [7, 11) is 0. The second-order valence-electron chi connectivity index (χ2n) is 3.73. The Hall–Kier alpha value is -1.10. The number of hydrogen-bond donors (Lipinski definition) is 2. The molecule has 3 N–H and O–H groups in total. The summed E-state index contributed by atoms with van der Waals surface area (Å²) >= 11 is 0. The molecule has 2 aliphatic rings. The number of carboxylic acids is 1. The highest BCUT2D eigenvalue weighted by Gasteiger charge is 2.63. The van der Waals surface area contributed by atoms with Crippen LogP contribution in [0.3, 0.4) is 0 Å². The molecule has 0 radical (unpaired) electrons. The Kier molecular flexibility index (Phi) is 1.76. The minimum absolute atomic E-state index is 0.0199. The molecule has 0 aromatic rings. The lowest BCUT2D eigenvalue weighted by Crippen LogP contribution is -2.23. The normalized spacial score (nSPS) is 41.0. The molecule has 5 heteroatoms. The van der Waals surface area contributed by atoms with Gasteiger partial charge in [0.2, 0.25) is 0 Å². The monoisotopic (exact) mass is 185 g/mol. The van der Waals surface area contributed by atoms with E-state index < -0.39 is 11.9 Å². The molecular weight excluding hydrogens is 174 g/mol. The van der Waals surface area contributed by atoms with Gasteiger partial charge in [-0.3, -0.25) is 9.59 Å². The predicted octanol–water partition coefficient (Wildman–Crippen LogP) is -0.240. The van der Waals surface area contributed by atoms with Crippen molar-refractivity contribution in [2.75, 3.05) is 0 Å². The van der Waals surface area contributed by atoms with Gasteiger partial charge in [-0.25, -0.2) is 0 Å². The van der Waals surface area contributed by atoms with Gasteiger partial charge in [0, 0.05) is 0 Å². The zero-order valence-corrected chi connectivity index (χ0v) is 6.97. The number of nitrogens with two attached hydrogens (primary N) is 1. The van der Waals surface area contributed by atoms with Gasteiger partial charge in [0.05, 0.1) is 11.8 Å². The fraction of sp³-hybridized carbons (Fsp3) is 0.750. The van der Waals surface area contributed by atoms with E-state index >= 15 is 0 Å². The molecule has 2 fully saturated rings. The molecule has 0 aromatic heterocycles. The van der Waals surface area contributed by atoms with Crippen molar-refractivity contribution in [2.45, 2.75) is 12.8 Å². The summed E-state index contributed by atoms with van der Waals surface area (Å²) in [5, 5.41) is 8.75. The molecule has 0 amide bonds. The van der Waals surface area contributed by atoms with E-state index in [1.807, 2.05) is 0 Å². The Morgan fingerprint density at radius 2 is 2.08 bits per heavy atom. The standard InChI is InChI=1S/C8H11NO4/c9-13-8(12)4-2-1-3-5(4)6(3)7(10)11/h3-6H,1-2,9H2,(H,10,11). The number of carboxylic acid groups (broad SMARTS) is 1. The average molecular weight is 185 g/mol. The van der Waals surface area contributed by atoms with Gasteiger partial charge in [-0.2, -0.15) is 5.90 Å². The summed E-state index contributed by atoms with van der Waals surface area (Å²) in [6.45, 7) is 0. The minimum atomic E-state index is -0.801. The summed E-state index contributed by atoms with van der Waals surface area (Å²) in [5.74, 6) is 3.04. The summed E-state index contributed by atoms with van der Waals surface area (Å²) < 4.78 is 0. The number of rotatable bonds is 2. The minimum Gasteiger partial charge on any atom is -0.481 e. The molecule has 4 atom stereocenters. The van der Waals surface area contributed by atoms with Crippen molar-refractivity contribution in [1.29, 1.82) is 0 Å². The van der Waals surface area contributed by atoms with Crippen LogP contribution in [0.2, 0.25) is 0 Å². The zero-order valence-electron chi connectivity index (χ0n) is 6.97. The van der Waals surface area contributed by atoms with E-state index in [2.05, 4.69) is 4.84 Å². The van der Waals surface area contributed by atoms with Gasteiger partial charge in [-0.1, -0.05) is 0 Å². The number of fused-ring (bicyclic) bond motifs is 1. The Morgan fingerprint density at radius 1 is 1.38 bits per heavy atom. The number of carbonyl (C=O) groups excluding carboxylic acids is 1. The lowest BCUT2D eigenvalue weighted by molar-refractivity contribution is -0.150. The van der Waals surface area contributed by atoms with Gasteiger partial charge in [0.1, 0.15) is 0 Å².